The molecule has 0 aliphatic heterocycles. The molecule has 1 aliphatic carbocycles. The van der Waals surface area contributed by atoms with Gasteiger partial charge in [0.25, 0.3) is 0 Å². The van der Waals surface area contributed by atoms with Gasteiger partial charge in [-0.2, -0.15) is 4.39 Å². The number of halogens is 1. The van der Waals surface area contributed by atoms with Gasteiger partial charge in [0, 0.05) is 29.9 Å². The summed E-state index contributed by atoms with van der Waals surface area (Å²) in [6.45, 7) is 3.02. The third-order valence-corrected chi connectivity index (χ3v) is 5.36. The third kappa shape index (κ3) is 4.37. The van der Waals surface area contributed by atoms with Gasteiger partial charge >= 0.3 is 0 Å². The van der Waals surface area contributed by atoms with Crippen molar-refractivity contribution in [2.24, 2.45) is 5.92 Å². The van der Waals surface area contributed by atoms with Gasteiger partial charge in [0.2, 0.25) is 5.95 Å². The number of rotatable bonds is 6. The Bertz CT molecular complexity index is 696. The maximum absolute atomic E-state index is 14.0. The lowest BCUT2D eigenvalue weighted by Gasteiger charge is -2.28. The van der Waals surface area contributed by atoms with Crippen LogP contribution in [0.5, 0.6) is 5.75 Å². The van der Waals surface area contributed by atoms with Crippen molar-refractivity contribution in [3.05, 3.63) is 48.0 Å². The van der Waals surface area contributed by atoms with E-state index in [-0.39, 0.29) is 0 Å². The molecule has 0 amide bonds. The highest BCUT2D eigenvalue weighted by Gasteiger charge is 2.20. The molecule has 1 aromatic carbocycles. The van der Waals surface area contributed by atoms with Gasteiger partial charge in [-0.1, -0.05) is 19.4 Å². The molecule has 0 saturated heterocycles. The number of pyridine rings is 1. The topological polar surface area (TPSA) is 34.2 Å². The van der Waals surface area contributed by atoms with E-state index in [1.54, 1.807) is 19.2 Å². The number of aromatic nitrogens is 1. The minimum absolute atomic E-state index is 0.440. The fourth-order valence-electron chi connectivity index (χ4n) is 3.71. The molecule has 1 fully saturated rings. The second-order valence-corrected chi connectivity index (χ2v) is 6.88. The van der Waals surface area contributed by atoms with Crippen LogP contribution in [0.1, 0.15) is 44.6 Å². The quantitative estimate of drug-likeness (QED) is 0.754. The molecule has 4 heteroatoms. The highest BCUT2D eigenvalue weighted by molar-refractivity contribution is 5.65. The molecule has 0 spiro atoms. The van der Waals surface area contributed by atoms with E-state index in [0.717, 1.165) is 29.3 Å². The zero-order chi connectivity index (χ0) is 17.6. The van der Waals surface area contributed by atoms with Gasteiger partial charge in [-0.25, -0.2) is 4.98 Å². The minimum atomic E-state index is -0.440. The first-order chi connectivity index (χ1) is 12.2. The average Bonchev–Trinajstić information content (AvgIpc) is 2.67. The Kier molecular flexibility index (Phi) is 6.03. The summed E-state index contributed by atoms with van der Waals surface area (Å²) in [5, 5.41) is 3.66. The van der Waals surface area contributed by atoms with Crippen molar-refractivity contribution >= 4 is 0 Å². The standard InChI is InChI=1S/C21H27FN2O/c1-3-15-6-9-18(10-7-15)24-14-17-13-16(8-11-20(17)25-2)19-5-4-12-23-21(19)22/h4-5,8,11-13,15,18,24H,3,6-7,9-10,14H2,1-2H3. The van der Waals surface area contributed by atoms with Crippen LogP contribution in [0.4, 0.5) is 4.39 Å². The van der Waals surface area contributed by atoms with Gasteiger partial charge in [0.1, 0.15) is 5.75 Å². The SMILES string of the molecule is CCC1CCC(NCc2cc(-c3cccnc3F)ccc2OC)CC1. The van der Waals surface area contributed by atoms with Crippen LogP contribution in [0.2, 0.25) is 0 Å². The molecule has 1 N–H and O–H groups in total. The van der Waals surface area contributed by atoms with Crippen molar-refractivity contribution in [2.45, 2.75) is 51.6 Å². The first-order valence-electron chi connectivity index (χ1n) is 9.22. The second kappa shape index (κ2) is 8.43. The molecule has 0 radical (unpaired) electrons. The number of benzene rings is 1. The molecule has 0 atom stereocenters. The van der Waals surface area contributed by atoms with E-state index >= 15 is 0 Å². The molecule has 1 heterocycles. The lowest BCUT2D eigenvalue weighted by atomic mass is 9.84. The molecule has 25 heavy (non-hydrogen) atoms. The predicted molar refractivity (Wildman–Crippen MR) is 99.1 cm³/mol. The molecule has 2 aromatic rings. The number of methoxy groups -OCH3 is 1. The van der Waals surface area contributed by atoms with Crippen LogP contribution in [-0.4, -0.2) is 18.1 Å². The summed E-state index contributed by atoms with van der Waals surface area (Å²) in [5.41, 5.74) is 2.41. The van der Waals surface area contributed by atoms with E-state index < -0.39 is 5.95 Å². The monoisotopic (exact) mass is 342 g/mol. The molecule has 134 valence electrons. The van der Waals surface area contributed by atoms with Gasteiger partial charge in [0.15, 0.2) is 0 Å². The number of ether oxygens (including phenoxy) is 1. The van der Waals surface area contributed by atoms with Gasteiger partial charge in [0.05, 0.1) is 7.11 Å². The summed E-state index contributed by atoms with van der Waals surface area (Å²) in [5.74, 6) is 1.29. The van der Waals surface area contributed by atoms with E-state index in [9.17, 15) is 4.39 Å². The molecule has 3 nitrogen and oxygen atoms in total. The molecule has 0 unspecified atom stereocenters. The van der Waals surface area contributed by atoms with Crippen molar-refractivity contribution in [1.29, 1.82) is 0 Å². The van der Waals surface area contributed by atoms with Crippen molar-refractivity contribution in [2.75, 3.05) is 7.11 Å². The van der Waals surface area contributed by atoms with Crippen LogP contribution in [0.25, 0.3) is 11.1 Å². The summed E-state index contributed by atoms with van der Waals surface area (Å²) in [6.07, 6.45) is 7.85. The van der Waals surface area contributed by atoms with Crippen molar-refractivity contribution in [1.82, 2.24) is 10.3 Å². The van der Waals surface area contributed by atoms with E-state index in [1.165, 1.54) is 38.3 Å². The molecule has 0 bridgehead atoms. The minimum Gasteiger partial charge on any atom is -0.496 e. The Hall–Kier alpha value is -1.94. The number of hydrogen-bond donors (Lipinski definition) is 1. The third-order valence-electron chi connectivity index (χ3n) is 5.36. The van der Waals surface area contributed by atoms with Crippen LogP contribution in [0.15, 0.2) is 36.5 Å². The zero-order valence-corrected chi connectivity index (χ0v) is 15.1. The van der Waals surface area contributed by atoms with E-state index in [1.807, 2.05) is 18.2 Å². The van der Waals surface area contributed by atoms with Gasteiger partial charge in [-0.15, -0.1) is 0 Å². The van der Waals surface area contributed by atoms with Gasteiger partial charge in [-0.05, 0) is 61.4 Å². The number of nitrogens with zero attached hydrogens (tertiary/aromatic N) is 1. The Balaban J connectivity index is 1.72. The largest absolute Gasteiger partial charge is 0.496 e. The van der Waals surface area contributed by atoms with Gasteiger partial charge < -0.3 is 10.1 Å². The molecular formula is C21H27FN2O. The summed E-state index contributed by atoms with van der Waals surface area (Å²) in [6, 6.07) is 9.87. The van der Waals surface area contributed by atoms with Crippen LogP contribution in [-0.2, 0) is 6.54 Å². The lowest BCUT2D eigenvalue weighted by molar-refractivity contribution is 0.284. The Morgan fingerprint density at radius 3 is 2.68 bits per heavy atom. The molecular weight excluding hydrogens is 315 g/mol. The second-order valence-electron chi connectivity index (χ2n) is 6.88. The average molecular weight is 342 g/mol. The predicted octanol–water partition coefficient (Wildman–Crippen LogP) is 4.95. The number of nitrogens with one attached hydrogen (secondary N) is 1. The van der Waals surface area contributed by atoms with Crippen LogP contribution in [0, 0.1) is 11.9 Å². The Morgan fingerprint density at radius 2 is 2.00 bits per heavy atom. The fourth-order valence-corrected chi connectivity index (χ4v) is 3.71. The van der Waals surface area contributed by atoms with E-state index in [0.29, 0.717) is 11.6 Å². The zero-order valence-electron chi connectivity index (χ0n) is 15.1. The fraction of sp³-hybridized carbons (Fsp3) is 0.476. The first kappa shape index (κ1) is 17.9. The maximum atomic E-state index is 14.0. The summed E-state index contributed by atoms with van der Waals surface area (Å²) in [7, 11) is 1.68. The van der Waals surface area contributed by atoms with Crippen molar-refractivity contribution < 1.29 is 9.13 Å². The maximum Gasteiger partial charge on any atom is 0.220 e. The smallest absolute Gasteiger partial charge is 0.220 e. The Morgan fingerprint density at radius 1 is 1.20 bits per heavy atom. The number of hydrogen-bond acceptors (Lipinski definition) is 3. The van der Waals surface area contributed by atoms with E-state index in [2.05, 4.69) is 17.2 Å². The first-order valence-corrected chi connectivity index (χ1v) is 9.22. The highest BCUT2D eigenvalue weighted by Crippen LogP contribution is 2.29. The van der Waals surface area contributed by atoms with Crippen molar-refractivity contribution in [3.63, 3.8) is 0 Å². The molecule has 1 saturated carbocycles. The summed E-state index contributed by atoms with van der Waals surface area (Å²) >= 11 is 0. The van der Waals surface area contributed by atoms with Crippen LogP contribution < -0.4 is 10.1 Å². The highest BCUT2D eigenvalue weighted by atomic mass is 19.1. The molecule has 1 aliphatic rings. The lowest BCUT2D eigenvalue weighted by Crippen LogP contribution is -2.32. The summed E-state index contributed by atoms with van der Waals surface area (Å²) < 4.78 is 19.5. The normalized spacial score (nSPS) is 20.4. The molecule has 3 rings (SSSR count). The summed E-state index contributed by atoms with van der Waals surface area (Å²) in [4.78, 5) is 3.75. The van der Waals surface area contributed by atoms with Crippen LogP contribution in [0.3, 0.4) is 0 Å². The van der Waals surface area contributed by atoms with Gasteiger partial charge in [-0.3, -0.25) is 0 Å². The van der Waals surface area contributed by atoms with E-state index in [4.69, 9.17) is 4.74 Å². The Labute approximate surface area is 149 Å². The van der Waals surface area contributed by atoms with Crippen LogP contribution >= 0.6 is 0 Å². The van der Waals surface area contributed by atoms with Crippen molar-refractivity contribution in [3.8, 4) is 16.9 Å². The molecule has 1 aromatic heterocycles.